The van der Waals surface area contributed by atoms with E-state index in [9.17, 15) is 0 Å². The molecule has 0 radical (unpaired) electrons. The average Bonchev–Trinajstić information content (AvgIpc) is 3.51. The molecule has 0 aliphatic carbocycles. The molecule has 0 aliphatic rings. The summed E-state index contributed by atoms with van der Waals surface area (Å²) < 4.78 is 1.17. The van der Waals surface area contributed by atoms with Gasteiger partial charge < -0.3 is 0 Å². The molecule has 47 heavy (non-hydrogen) atoms. The van der Waals surface area contributed by atoms with Gasteiger partial charge in [-0.05, 0) is 46.9 Å². The Balaban J connectivity index is 0.00000386. The topological polar surface area (TPSA) is 25.2 Å². The summed E-state index contributed by atoms with van der Waals surface area (Å²) in [5.74, 6) is 0.519. The molecular formula is C43H36N2PtS. The molecule has 0 amide bonds. The predicted octanol–water partition coefficient (Wildman–Crippen LogP) is 12.2. The van der Waals surface area contributed by atoms with E-state index < -0.39 is 0 Å². The van der Waals surface area contributed by atoms with Crippen LogP contribution < -0.4 is 0 Å². The van der Waals surface area contributed by atoms with Crippen LogP contribution in [0.4, 0.5) is 5.69 Å². The molecule has 1 aromatic heterocycles. The minimum Gasteiger partial charge on any atom is -0.265 e. The number of nitrogens with zero attached hydrogens (tertiary/aromatic N) is 2. The largest absolute Gasteiger partial charge is 2.00 e. The number of hydrogen-bond acceptors (Lipinski definition) is 3. The van der Waals surface area contributed by atoms with Crippen molar-refractivity contribution < 1.29 is 21.1 Å². The first-order valence-corrected chi connectivity index (χ1v) is 16.7. The molecule has 1 heterocycles. The van der Waals surface area contributed by atoms with Gasteiger partial charge in [-0.25, -0.2) is 4.98 Å². The fourth-order valence-corrected chi connectivity index (χ4v) is 6.87. The Morgan fingerprint density at radius 3 is 2.30 bits per heavy atom. The number of benzene rings is 6. The van der Waals surface area contributed by atoms with Gasteiger partial charge in [-0.15, -0.1) is 76.2 Å². The van der Waals surface area contributed by atoms with E-state index in [4.69, 9.17) is 9.98 Å². The molecule has 2 nitrogen and oxygen atoms in total. The third-order valence-electron chi connectivity index (χ3n) is 8.58. The van der Waals surface area contributed by atoms with Gasteiger partial charge in [0.05, 0.1) is 5.69 Å². The average molecular weight is 808 g/mol. The van der Waals surface area contributed by atoms with Crippen molar-refractivity contribution in [1.82, 2.24) is 4.98 Å². The second-order valence-electron chi connectivity index (χ2n) is 13.2. The molecule has 4 heteroatoms. The summed E-state index contributed by atoms with van der Waals surface area (Å²) in [5, 5.41) is 3.18. The van der Waals surface area contributed by atoms with Crippen molar-refractivity contribution in [3.05, 3.63) is 144 Å². The summed E-state index contributed by atoms with van der Waals surface area (Å²) in [7, 11) is 0. The van der Waals surface area contributed by atoms with Crippen LogP contribution in [0.1, 0.15) is 57.2 Å². The number of fused-ring (bicyclic) bond motifs is 2. The summed E-state index contributed by atoms with van der Waals surface area (Å²) in [5.41, 5.74) is 11.1. The van der Waals surface area contributed by atoms with Crippen molar-refractivity contribution in [1.29, 1.82) is 0 Å². The molecule has 0 bridgehead atoms. The quantitative estimate of drug-likeness (QED) is 0.121. The Labute approximate surface area is 296 Å². The standard InChI is InChI=1S/C43H36N2S.Pt/c1-28(2)29-17-19-30(20-18-29)31-21-23-33(24-22-31)38-25-35(43(3,4)5)26-40-41(38)45-42(46-40)37-15-8-9-16-39(37)44-27-34-13-10-12-32-11-6-7-14-36(32)34;/h6-13,15-23,25-28H,1-5H3;/q-2;+2. The summed E-state index contributed by atoms with van der Waals surface area (Å²) in [6.07, 6.45) is 1.95. The molecule has 0 atom stereocenters. The normalized spacial score (nSPS) is 11.9. The van der Waals surface area contributed by atoms with Gasteiger partial charge in [0, 0.05) is 15.8 Å². The second kappa shape index (κ2) is 13.5. The predicted molar refractivity (Wildman–Crippen MR) is 198 cm³/mol. The monoisotopic (exact) mass is 807 g/mol. The molecule has 0 saturated heterocycles. The van der Waals surface area contributed by atoms with Crippen molar-refractivity contribution in [3.8, 4) is 32.8 Å². The molecule has 0 saturated carbocycles. The van der Waals surface area contributed by atoms with E-state index in [0.717, 1.165) is 54.8 Å². The molecule has 0 spiro atoms. The summed E-state index contributed by atoms with van der Waals surface area (Å²) >= 11 is 1.73. The van der Waals surface area contributed by atoms with Crippen molar-refractivity contribution in [2.45, 2.75) is 46.0 Å². The Morgan fingerprint density at radius 2 is 1.55 bits per heavy atom. The van der Waals surface area contributed by atoms with E-state index in [2.05, 4.69) is 144 Å². The van der Waals surface area contributed by atoms with Gasteiger partial charge in [0.25, 0.3) is 0 Å². The van der Waals surface area contributed by atoms with Crippen LogP contribution >= 0.6 is 11.3 Å². The van der Waals surface area contributed by atoms with Crippen LogP contribution in [0.25, 0.3) is 53.8 Å². The zero-order valence-electron chi connectivity index (χ0n) is 27.2. The zero-order chi connectivity index (χ0) is 31.8. The summed E-state index contributed by atoms with van der Waals surface area (Å²) in [4.78, 5) is 10.3. The first kappa shape index (κ1) is 32.8. The maximum atomic E-state index is 5.27. The van der Waals surface area contributed by atoms with E-state index in [1.807, 2.05) is 24.4 Å². The number of aliphatic imine (C=N–C) groups is 1. The number of para-hydroxylation sites is 1. The fourth-order valence-electron chi connectivity index (χ4n) is 5.81. The van der Waals surface area contributed by atoms with Crippen LogP contribution in [-0.4, -0.2) is 11.2 Å². The maximum Gasteiger partial charge on any atom is 2.00 e. The smallest absolute Gasteiger partial charge is 0.265 e. The third kappa shape index (κ3) is 6.79. The zero-order valence-corrected chi connectivity index (χ0v) is 30.3. The number of thiazole rings is 1. The van der Waals surface area contributed by atoms with Crippen LogP contribution in [0.5, 0.6) is 0 Å². The summed E-state index contributed by atoms with van der Waals surface area (Å²) in [6, 6.07) is 47.6. The van der Waals surface area contributed by atoms with Gasteiger partial charge in [0.1, 0.15) is 5.01 Å². The van der Waals surface area contributed by atoms with Crippen LogP contribution in [0.15, 0.2) is 120 Å². The van der Waals surface area contributed by atoms with Crippen LogP contribution in [0, 0.1) is 12.1 Å². The molecule has 7 aromatic rings. The van der Waals surface area contributed by atoms with E-state index in [1.165, 1.54) is 21.4 Å². The Morgan fingerprint density at radius 1 is 0.787 bits per heavy atom. The first-order chi connectivity index (χ1) is 22.2. The van der Waals surface area contributed by atoms with E-state index in [1.54, 1.807) is 11.3 Å². The SMILES string of the molecule is CC(C)c1ccc(-c2c[c-]c(-c3cc(C(C)(C)C)cc4sc(-c5ccccc5N=Cc5cccc6ccc[c-]c56)nc34)cc2)cc1.[Pt+2]. The van der Waals surface area contributed by atoms with E-state index in [0.29, 0.717) is 5.92 Å². The van der Waals surface area contributed by atoms with Crippen molar-refractivity contribution in [2.75, 3.05) is 0 Å². The van der Waals surface area contributed by atoms with Crippen LogP contribution in [0.2, 0.25) is 0 Å². The van der Waals surface area contributed by atoms with E-state index >= 15 is 0 Å². The van der Waals surface area contributed by atoms with Crippen molar-refractivity contribution in [3.63, 3.8) is 0 Å². The molecule has 0 aliphatic heterocycles. The van der Waals surface area contributed by atoms with Gasteiger partial charge in [0.2, 0.25) is 0 Å². The number of aromatic nitrogens is 1. The first-order valence-electron chi connectivity index (χ1n) is 15.8. The van der Waals surface area contributed by atoms with Gasteiger partial charge >= 0.3 is 21.1 Å². The Bertz CT molecular complexity index is 2200. The minimum atomic E-state index is -0.0110. The van der Waals surface area contributed by atoms with Crippen molar-refractivity contribution >= 4 is 44.2 Å². The molecule has 7 rings (SSSR count). The number of rotatable bonds is 6. The molecule has 0 fully saturated rings. The van der Waals surface area contributed by atoms with E-state index in [-0.39, 0.29) is 26.5 Å². The Hall–Kier alpha value is -4.17. The molecule has 0 unspecified atom stereocenters. The fraction of sp³-hybridized carbons (Fsp3) is 0.163. The van der Waals surface area contributed by atoms with Crippen LogP contribution in [0.3, 0.4) is 0 Å². The minimum absolute atomic E-state index is 0. The maximum absolute atomic E-state index is 5.27. The van der Waals surface area contributed by atoms with Crippen LogP contribution in [-0.2, 0) is 26.5 Å². The Kier molecular flexibility index (Phi) is 9.42. The molecule has 6 aromatic carbocycles. The molecule has 0 N–H and O–H groups in total. The molecular weight excluding hydrogens is 772 g/mol. The third-order valence-corrected chi connectivity index (χ3v) is 9.62. The summed E-state index contributed by atoms with van der Waals surface area (Å²) in [6.45, 7) is 11.3. The van der Waals surface area contributed by atoms with Crippen molar-refractivity contribution in [2.24, 2.45) is 4.99 Å². The molecule has 234 valence electrons. The second-order valence-corrected chi connectivity index (χ2v) is 14.2. The number of hydrogen-bond donors (Lipinski definition) is 0. The van der Waals surface area contributed by atoms with Gasteiger partial charge in [-0.3, -0.25) is 4.99 Å². The van der Waals surface area contributed by atoms with Gasteiger partial charge in [0.15, 0.2) is 0 Å². The van der Waals surface area contributed by atoms with Gasteiger partial charge in [-0.1, -0.05) is 118 Å². The van der Waals surface area contributed by atoms with Gasteiger partial charge in [-0.2, -0.15) is 0 Å².